The molecule has 0 amide bonds. The van der Waals surface area contributed by atoms with E-state index in [1.807, 2.05) is 19.9 Å². The first kappa shape index (κ1) is 18.0. The number of halogens is 2. The molecule has 0 aromatic heterocycles. The average Bonchev–Trinajstić information content (AvgIpc) is 2.88. The highest BCUT2D eigenvalue weighted by Crippen LogP contribution is 2.38. The lowest BCUT2D eigenvalue weighted by Crippen LogP contribution is -2.57. The Morgan fingerprint density at radius 1 is 1.36 bits per heavy atom. The van der Waals surface area contributed by atoms with Crippen LogP contribution in [-0.4, -0.2) is 44.5 Å². The lowest BCUT2D eigenvalue weighted by atomic mass is 10.1. The molecule has 3 rings (SSSR count). The molecule has 1 aromatic carbocycles. The van der Waals surface area contributed by atoms with Gasteiger partial charge in [-0.1, -0.05) is 15.9 Å². The van der Waals surface area contributed by atoms with Crippen LogP contribution in [0.15, 0.2) is 21.5 Å². The third kappa shape index (κ3) is 3.01. The van der Waals surface area contributed by atoms with Crippen molar-refractivity contribution in [1.29, 1.82) is 0 Å². The molecule has 1 saturated heterocycles. The van der Waals surface area contributed by atoms with Gasteiger partial charge in [0.2, 0.25) is 10.0 Å². The lowest BCUT2D eigenvalue weighted by Gasteiger charge is -2.37. The van der Waals surface area contributed by atoms with E-state index >= 15 is 0 Å². The molecule has 0 saturated carbocycles. The summed E-state index contributed by atoms with van der Waals surface area (Å²) < 4.78 is 34.0. The molecule has 2 unspecified atom stereocenters. The standard InChI is InChI=1S/C14H19BrN2O3S.ClH/c1-9-10(2)17(5-4-16-9)21(18,19)13-8-12(15)7-11-3-6-20-14(11)13;/h7-10,16H,3-6H2,1-2H3;1H. The van der Waals surface area contributed by atoms with Crippen molar-refractivity contribution >= 4 is 38.4 Å². The van der Waals surface area contributed by atoms with Gasteiger partial charge in [-0.3, -0.25) is 0 Å². The Balaban J connectivity index is 0.00000176. The second kappa shape index (κ2) is 6.65. The van der Waals surface area contributed by atoms with Crippen molar-refractivity contribution in [1.82, 2.24) is 9.62 Å². The predicted octanol–water partition coefficient (Wildman–Crippen LogP) is 2.18. The maximum Gasteiger partial charge on any atom is 0.247 e. The lowest BCUT2D eigenvalue weighted by molar-refractivity contribution is 0.232. The molecule has 1 fully saturated rings. The van der Waals surface area contributed by atoms with Crippen LogP contribution in [0.2, 0.25) is 0 Å². The zero-order valence-corrected chi connectivity index (χ0v) is 15.7. The van der Waals surface area contributed by atoms with Gasteiger partial charge < -0.3 is 10.1 Å². The first-order chi connectivity index (χ1) is 9.91. The van der Waals surface area contributed by atoms with E-state index in [1.54, 1.807) is 10.4 Å². The van der Waals surface area contributed by atoms with E-state index in [9.17, 15) is 8.42 Å². The number of ether oxygens (including phenoxy) is 1. The van der Waals surface area contributed by atoms with Crippen molar-refractivity contribution in [3.8, 4) is 5.75 Å². The Morgan fingerprint density at radius 3 is 2.82 bits per heavy atom. The number of nitrogens with zero attached hydrogens (tertiary/aromatic N) is 1. The minimum absolute atomic E-state index is 0. The highest BCUT2D eigenvalue weighted by atomic mass is 79.9. The van der Waals surface area contributed by atoms with Gasteiger partial charge in [-0.05, 0) is 26.0 Å². The minimum atomic E-state index is -3.55. The van der Waals surface area contributed by atoms with Crippen LogP contribution in [0.1, 0.15) is 19.4 Å². The van der Waals surface area contributed by atoms with Crippen LogP contribution in [0.25, 0.3) is 0 Å². The van der Waals surface area contributed by atoms with E-state index in [4.69, 9.17) is 4.74 Å². The van der Waals surface area contributed by atoms with Crippen molar-refractivity contribution in [2.75, 3.05) is 19.7 Å². The molecule has 2 heterocycles. The molecular formula is C14H20BrClN2O3S. The van der Waals surface area contributed by atoms with Crippen molar-refractivity contribution in [3.05, 3.63) is 22.2 Å². The van der Waals surface area contributed by atoms with Crippen LogP contribution in [-0.2, 0) is 16.4 Å². The monoisotopic (exact) mass is 410 g/mol. The van der Waals surface area contributed by atoms with Crippen LogP contribution in [0.3, 0.4) is 0 Å². The third-order valence-electron chi connectivity index (χ3n) is 4.28. The SMILES string of the molecule is CC1NCCN(S(=O)(=O)c2cc(Br)cc3c2OCC3)C1C.Cl. The largest absolute Gasteiger partial charge is 0.492 e. The summed E-state index contributed by atoms with van der Waals surface area (Å²) in [6, 6.07) is 3.64. The molecule has 0 bridgehead atoms. The predicted molar refractivity (Wildman–Crippen MR) is 91.4 cm³/mol. The second-order valence-corrected chi connectivity index (χ2v) is 8.36. The van der Waals surface area contributed by atoms with Crippen molar-refractivity contribution in [3.63, 3.8) is 0 Å². The molecule has 8 heteroatoms. The smallest absolute Gasteiger partial charge is 0.247 e. The number of rotatable bonds is 2. The Hall–Kier alpha value is -0.340. The van der Waals surface area contributed by atoms with Crippen LogP contribution >= 0.6 is 28.3 Å². The van der Waals surface area contributed by atoms with Crippen LogP contribution < -0.4 is 10.1 Å². The van der Waals surface area contributed by atoms with E-state index in [-0.39, 0.29) is 29.4 Å². The van der Waals surface area contributed by atoms with Gasteiger partial charge in [-0.2, -0.15) is 4.31 Å². The number of fused-ring (bicyclic) bond motifs is 1. The Kier molecular flexibility index (Phi) is 5.44. The minimum Gasteiger partial charge on any atom is -0.492 e. The molecular weight excluding hydrogens is 392 g/mol. The molecule has 0 aliphatic carbocycles. The van der Waals surface area contributed by atoms with Crippen LogP contribution in [0.4, 0.5) is 0 Å². The number of hydrogen-bond donors (Lipinski definition) is 1. The molecule has 2 aliphatic rings. The van der Waals surface area contributed by atoms with E-state index in [2.05, 4.69) is 21.2 Å². The van der Waals surface area contributed by atoms with Gasteiger partial charge in [0.15, 0.2) is 0 Å². The Labute approximate surface area is 146 Å². The fraction of sp³-hybridized carbons (Fsp3) is 0.571. The molecule has 5 nitrogen and oxygen atoms in total. The van der Waals surface area contributed by atoms with Gasteiger partial charge in [0.05, 0.1) is 6.61 Å². The van der Waals surface area contributed by atoms with Gasteiger partial charge in [0.1, 0.15) is 10.6 Å². The summed E-state index contributed by atoms with van der Waals surface area (Å²) in [5.74, 6) is 0.525. The summed E-state index contributed by atoms with van der Waals surface area (Å²) >= 11 is 3.41. The molecule has 1 N–H and O–H groups in total. The van der Waals surface area contributed by atoms with Gasteiger partial charge in [0.25, 0.3) is 0 Å². The normalized spacial score (nSPS) is 25.2. The molecule has 0 spiro atoms. The number of benzene rings is 1. The van der Waals surface area contributed by atoms with Crippen molar-refractivity contribution < 1.29 is 13.2 Å². The quantitative estimate of drug-likeness (QED) is 0.810. The maximum atomic E-state index is 13.1. The second-order valence-electron chi connectivity index (χ2n) is 5.59. The highest BCUT2D eigenvalue weighted by molar-refractivity contribution is 9.10. The van der Waals surface area contributed by atoms with Crippen LogP contribution in [0.5, 0.6) is 5.75 Å². The molecule has 2 atom stereocenters. The number of nitrogens with one attached hydrogen (secondary N) is 1. The summed E-state index contributed by atoms with van der Waals surface area (Å²) in [4.78, 5) is 0.283. The van der Waals surface area contributed by atoms with Gasteiger partial charge >= 0.3 is 0 Å². The topological polar surface area (TPSA) is 58.6 Å². The molecule has 22 heavy (non-hydrogen) atoms. The summed E-state index contributed by atoms with van der Waals surface area (Å²) in [5.41, 5.74) is 0.957. The number of hydrogen-bond acceptors (Lipinski definition) is 4. The number of piperazine rings is 1. The molecule has 0 radical (unpaired) electrons. The fourth-order valence-corrected chi connectivity index (χ4v) is 5.48. The first-order valence-corrected chi connectivity index (χ1v) is 9.35. The maximum absolute atomic E-state index is 13.1. The Bertz CT molecular complexity index is 668. The summed E-state index contributed by atoms with van der Waals surface area (Å²) in [7, 11) is -3.55. The van der Waals surface area contributed by atoms with Crippen molar-refractivity contribution in [2.24, 2.45) is 0 Å². The van der Waals surface area contributed by atoms with E-state index in [0.29, 0.717) is 25.4 Å². The summed E-state index contributed by atoms with van der Waals surface area (Å²) in [6.07, 6.45) is 0.755. The number of sulfonamides is 1. The van der Waals surface area contributed by atoms with Crippen LogP contribution in [0, 0.1) is 0 Å². The molecule has 124 valence electrons. The van der Waals surface area contributed by atoms with E-state index in [0.717, 1.165) is 16.5 Å². The summed E-state index contributed by atoms with van der Waals surface area (Å²) in [6.45, 7) is 5.64. The fourth-order valence-electron chi connectivity index (χ4n) is 2.92. The average molecular weight is 412 g/mol. The van der Waals surface area contributed by atoms with Crippen molar-refractivity contribution in [2.45, 2.75) is 37.2 Å². The summed E-state index contributed by atoms with van der Waals surface area (Å²) in [5, 5.41) is 3.30. The highest BCUT2D eigenvalue weighted by Gasteiger charge is 2.37. The van der Waals surface area contributed by atoms with Gasteiger partial charge in [-0.25, -0.2) is 8.42 Å². The third-order valence-corrected chi connectivity index (χ3v) is 6.73. The van der Waals surface area contributed by atoms with E-state index in [1.165, 1.54) is 0 Å². The molecule has 2 aliphatic heterocycles. The zero-order chi connectivity index (χ0) is 15.2. The first-order valence-electron chi connectivity index (χ1n) is 7.11. The van der Waals surface area contributed by atoms with Gasteiger partial charge in [0, 0.05) is 41.6 Å². The van der Waals surface area contributed by atoms with Gasteiger partial charge in [-0.15, -0.1) is 12.4 Å². The zero-order valence-electron chi connectivity index (χ0n) is 12.5. The van der Waals surface area contributed by atoms with E-state index < -0.39 is 10.0 Å². The Morgan fingerprint density at radius 2 is 2.09 bits per heavy atom. The molecule has 1 aromatic rings.